The highest BCUT2D eigenvalue weighted by atomic mass is 35.5. The number of amides is 2. The van der Waals surface area contributed by atoms with Crippen molar-refractivity contribution in [3.8, 4) is 0 Å². The van der Waals surface area contributed by atoms with Crippen molar-refractivity contribution >= 4 is 50.7 Å². The van der Waals surface area contributed by atoms with Crippen LogP contribution in [0.1, 0.15) is 43.4 Å². The van der Waals surface area contributed by atoms with Crippen LogP contribution in [0.3, 0.4) is 0 Å². The fourth-order valence-electron chi connectivity index (χ4n) is 3.71. The van der Waals surface area contributed by atoms with Gasteiger partial charge >= 0.3 is 0 Å². The SMILES string of the molecule is CCNC(=O)C(C)N(Cc1ccc(Cl)c(Cl)c1)C(=O)CCCN(c1cc(C)ccc1C)S(C)(=O)=O. The molecule has 0 aliphatic carbocycles. The van der Waals surface area contributed by atoms with E-state index in [1.54, 1.807) is 25.1 Å². The summed E-state index contributed by atoms with van der Waals surface area (Å²) in [4.78, 5) is 27.3. The third kappa shape index (κ3) is 8.12. The molecule has 2 aromatic carbocycles. The quantitative estimate of drug-likeness (QED) is 0.446. The van der Waals surface area contributed by atoms with Crippen molar-refractivity contribution in [2.45, 2.75) is 53.1 Å². The minimum Gasteiger partial charge on any atom is -0.355 e. The van der Waals surface area contributed by atoms with Crippen LogP contribution in [0.15, 0.2) is 36.4 Å². The van der Waals surface area contributed by atoms with E-state index < -0.39 is 16.1 Å². The molecule has 2 aromatic rings. The maximum Gasteiger partial charge on any atom is 0.242 e. The van der Waals surface area contributed by atoms with Crippen LogP contribution in [0.4, 0.5) is 5.69 Å². The Bertz CT molecular complexity index is 1170. The first-order valence-electron chi connectivity index (χ1n) is 11.4. The molecule has 0 bridgehead atoms. The largest absolute Gasteiger partial charge is 0.355 e. The molecular weight excluding hydrogens is 509 g/mol. The minimum atomic E-state index is -3.55. The monoisotopic (exact) mass is 541 g/mol. The van der Waals surface area contributed by atoms with E-state index >= 15 is 0 Å². The lowest BCUT2D eigenvalue weighted by Gasteiger charge is -2.29. The number of rotatable bonds is 11. The van der Waals surface area contributed by atoms with Gasteiger partial charge in [-0.2, -0.15) is 0 Å². The van der Waals surface area contributed by atoms with Gasteiger partial charge in [-0.05, 0) is 69.0 Å². The summed E-state index contributed by atoms with van der Waals surface area (Å²) in [6.45, 7) is 7.98. The number of likely N-dealkylation sites (N-methyl/N-ethyl adjacent to an activating group) is 1. The van der Waals surface area contributed by atoms with Gasteiger partial charge in [0.25, 0.3) is 0 Å². The van der Waals surface area contributed by atoms with Gasteiger partial charge in [-0.15, -0.1) is 0 Å². The smallest absolute Gasteiger partial charge is 0.242 e. The van der Waals surface area contributed by atoms with Gasteiger partial charge in [-0.3, -0.25) is 13.9 Å². The van der Waals surface area contributed by atoms with Gasteiger partial charge < -0.3 is 10.2 Å². The minimum absolute atomic E-state index is 0.0714. The van der Waals surface area contributed by atoms with Gasteiger partial charge in [-0.1, -0.05) is 41.4 Å². The average molecular weight is 543 g/mol. The van der Waals surface area contributed by atoms with Crippen molar-refractivity contribution in [3.05, 3.63) is 63.1 Å². The van der Waals surface area contributed by atoms with Crippen molar-refractivity contribution in [3.63, 3.8) is 0 Å². The zero-order chi connectivity index (χ0) is 26.3. The molecule has 2 rings (SSSR count). The molecule has 1 unspecified atom stereocenters. The molecule has 0 saturated carbocycles. The molecule has 1 atom stereocenters. The summed E-state index contributed by atoms with van der Waals surface area (Å²) in [6.07, 6.45) is 1.52. The van der Waals surface area contributed by atoms with E-state index in [1.807, 2.05) is 39.0 Å². The van der Waals surface area contributed by atoms with Crippen LogP contribution in [0.25, 0.3) is 0 Å². The van der Waals surface area contributed by atoms with E-state index in [0.29, 0.717) is 28.7 Å². The Balaban J connectivity index is 2.21. The maximum atomic E-state index is 13.3. The molecule has 192 valence electrons. The second kappa shape index (κ2) is 12.6. The highest BCUT2D eigenvalue weighted by Gasteiger charge is 2.27. The number of sulfonamides is 1. The lowest BCUT2D eigenvalue weighted by molar-refractivity contribution is -0.140. The molecule has 0 aromatic heterocycles. The Labute approximate surface area is 218 Å². The molecule has 0 spiro atoms. The number of nitrogens with zero attached hydrogens (tertiary/aromatic N) is 2. The number of halogens is 2. The normalized spacial score (nSPS) is 12.2. The van der Waals surface area contributed by atoms with Crippen LogP contribution in [0, 0.1) is 13.8 Å². The lowest BCUT2D eigenvalue weighted by Crippen LogP contribution is -2.47. The van der Waals surface area contributed by atoms with Crippen LogP contribution in [-0.4, -0.2) is 50.5 Å². The highest BCUT2D eigenvalue weighted by Crippen LogP contribution is 2.26. The molecule has 0 fully saturated rings. The van der Waals surface area contributed by atoms with E-state index in [9.17, 15) is 18.0 Å². The number of aryl methyl sites for hydroxylation is 2. The van der Waals surface area contributed by atoms with Crippen molar-refractivity contribution in [2.24, 2.45) is 0 Å². The summed E-state index contributed by atoms with van der Waals surface area (Å²) in [5, 5.41) is 3.51. The molecule has 0 saturated heterocycles. The lowest BCUT2D eigenvalue weighted by atomic mass is 10.1. The van der Waals surface area contributed by atoms with Gasteiger partial charge in [0.1, 0.15) is 6.04 Å². The molecule has 35 heavy (non-hydrogen) atoms. The third-order valence-electron chi connectivity index (χ3n) is 5.64. The van der Waals surface area contributed by atoms with E-state index in [4.69, 9.17) is 23.2 Å². The molecule has 7 nitrogen and oxygen atoms in total. The standard InChI is InChI=1S/C25H33Cl2N3O4S/c1-6-28-25(32)19(4)29(16-20-11-12-21(26)22(27)15-20)24(31)8-7-13-30(35(5,33)34)23-14-17(2)9-10-18(23)3/h9-12,14-15,19H,6-8,13,16H2,1-5H3,(H,28,32). The number of carbonyl (C=O) groups is 2. The molecule has 0 aliphatic heterocycles. The van der Waals surface area contributed by atoms with Gasteiger partial charge in [-0.25, -0.2) is 8.42 Å². The summed E-state index contributed by atoms with van der Waals surface area (Å²) in [6, 6.07) is 9.97. The van der Waals surface area contributed by atoms with Crippen LogP contribution < -0.4 is 9.62 Å². The number of nitrogens with one attached hydrogen (secondary N) is 1. The molecule has 0 heterocycles. The number of benzene rings is 2. The maximum absolute atomic E-state index is 13.3. The molecular formula is C25H33Cl2N3O4S. The van der Waals surface area contributed by atoms with Crippen molar-refractivity contribution in [2.75, 3.05) is 23.7 Å². The molecule has 0 radical (unpaired) electrons. The van der Waals surface area contributed by atoms with Crippen molar-refractivity contribution in [1.82, 2.24) is 10.2 Å². The fraction of sp³-hybridized carbons (Fsp3) is 0.440. The zero-order valence-electron chi connectivity index (χ0n) is 20.8. The van der Waals surface area contributed by atoms with Crippen molar-refractivity contribution in [1.29, 1.82) is 0 Å². The Morgan fingerprint density at radius 3 is 2.34 bits per heavy atom. The number of anilines is 1. The Morgan fingerprint density at radius 2 is 1.74 bits per heavy atom. The second-order valence-corrected chi connectivity index (χ2v) is 11.3. The predicted octanol–water partition coefficient (Wildman–Crippen LogP) is 4.71. The predicted molar refractivity (Wildman–Crippen MR) is 142 cm³/mol. The van der Waals surface area contributed by atoms with Gasteiger partial charge in [0, 0.05) is 26.1 Å². The average Bonchev–Trinajstić information content (AvgIpc) is 2.78. The topological polar surface area (TPSA) is 86.8 Å². The van der Waals surface area contributed by atoms with Gasteiger partial charge in [0.2, 0.25) is 21.8 Å². The second-order valence-electron chi connectivity index (χ2n) is 8.57. The van der Waals surface area contributed by atoms with E-state index in [1.165, 1.54) is 9.21 Å². The Kier molecular flexibility index (Phi) is 10.4. The Morgan fingerprint density at radius 1 is 1.06 bits per heavy atom. The highest BCUT2D eigenvalue weighted by molar-refractivity contribution is 7.92. The first kappa shape index (κ1) is 28.9. The molecule has 10 heteroatoms. The van der Waals surface area contributed by atoms with Gasteiger partial charge in [0.15, 0.2) is 0 Å². The van der Waals surface area contributed by atoms with Crippen molar-refractivity contribution < 1.29 is 18.0 Å². The molecule has 2 amide bonds. The number of hydrogen-bond donors (Lipinski definition) is 1. The van der Waals surface area contributed by atoms with E-state index in [-0.39, 0.29) is 31.3 Å². The summed E-state index contributed by atoms with van der Waals surface area (Å²) in [7, 11) is -3.55. The zero-order valence-corrected chi connectivity index (χ0v) is 23.1. The van der Waals surface area contributed by atoms with Crippen LogP contribution in [-0.2, 0) is 26.2 Å². The van der Waals surface area contributed by atoms with E-state index in [0.717, 1.165) is 22.9 Å². The number of carbonyl (C=O) groups excluding carboxylic acids is 2. The first-order valence-corrected chi connectivity index (χ1v) is 14.0. The van der Waals surface area contributed by atoms with E-state index in [2.05, 4.69) is 5.32 Å². The summed E-state index contributed by atoms with van der Waals surface area (Å²) in [5.41, 5.74) is 3.11. The fourth-order valence-corrected chi connectivity index (χ4v) is 5.05. The summed E-state index contributed by atoms with van der Waals surface area (Å²) >= 11 is 12.1. The van der Waals surface area contributed by atoms with Crippen LogP contribution >= 0.6 is 23.2 Å². The molecule has 0 aliphatic rings. The van der Waals surface area contributed by atoms with Crippen LogP contribution in [0.2, 0.25) is 10.0 Å². The third-order valence-corrected chi connectivity index (χ3v) is 7.56. The summed E-state index contributed by atoms with van der Waals surface area (Å²) < 4.78 is 26.4. The first-order chi connectivity index (χ1) is 16.3. The summed E-state index contributed by atoms with van der Waals surface area (Å²) in [5.74, 6) is -0.529. The van der Waals surface area contributed by atoms with Crippen LogP contribution in [0.5, 0.6) is 0 Å². The number of hydrogen-bond acceptors (Lipinski definition) is 4. The molecule has 1 N–H and O–H groups in total. The Hall–Kier alpha value is -2.29. The van der Waals surface area contributed by atoms with Gasteiger partial charge in [0.05, 0.1) is 22.0 Å².